The number of benzene rings is 1. The van der Waals surface area contributed by atoms with Crippen molar-refractivity contribution < 1.29 is 4.79 Å². The number of nitrogens with zero attached hydrogens (tertiary/aromatic N) is 2. The molecule has 0 fully saturated rings. The van der Waals surface area contributed by atoms with Crippen molar-refractivity contribution in [3.05, 3.63) is 52.8 Å². The highest BCUT2D eigenvalue weighted by Gasteiger charge is 2.11. The average molecular weight is 241 g/mol. The maximum absolute atomic E-state index is 10.3. The average Bonchev–Trinajstić information content (AvgIpc) is 2.69. The molecule has 1 heterocycles. The van der Waals surface area contributed by atoms with Gasteiger partial charge in [0.25, 0.3) is 0 Å². The molecule has 93 valence electrons. The second-order valence-electron chi connectivity index (χ2n) is 4.61. The van der Waals surface area contributed by atoms with Crippen LogP contribution in [0.15, 0.2) is 30.3 Å². The summed E-state index contributed by atoms with van der Waals surface area (Å²) in [5, 5.41) is 4.50. The van der Waals surface area contributed by atoms with Crippen LogP contribution in [0.1, 0.15) is 35.5 Å². The monoisotopic (exact) mass is 241 g/mol. The summed E-state index contributed by atoms with van der Waals surface area (Å²) in [5.74, 6) is 0. The van der Waals surface area contributed by atoms with E-state index in [1.807, 2.05) is 42.2 Å². The zero-order valence-corrected chi connectivity index (χ0v) is 11.0. The molecule has 0 N–H and O–H groups in total. The minimum atomic E-state index is 0.202. The van der Waals surface area contributed by atoms with Crippen LogP contribution in [-0.2, 0) is 11.2 Å². The van der Waals surface area contributed by atoms with Gasteiger partial charge in [-0.3, -0.25) is 9.48 Å². The summed E-state index contributed by atoms with van der Waals surface area (Å²) in [5.41, 5.74) is 4.38. The van der Waals surface area contributed by atoms with Crippen molar-refractivity contribution in [3.63, 3.8) is 0 Å². The molecule has 1 atom stereocenters. The lowest BCUT2D eigenvalue weighted by atomic mass is 10.0. The molecule has 3 heteroatoms. The number of hydrogen-bond donors (Lipinski definition) is 0. The van der Waals surface area contributed by atoms with Crippen LogP contribution in [0.3, 0.4) is 0 Å². The first-order valence-corrected chi connectivity index (χ1v) is 6.08. The lowest BCUT2D eigenvalue weighted by Gasteiger charge is -2.15. The summed E-state index contributed by atoms with van der Waals surface area (Å²) >= 11 is 0. The zero-order valence-electron chi connectivity index (χ0n) is 11.0. The molecular formula is C15H17N2O. The predicted molar refractivity (Wildman–Crippen MR) is 71.4 cm³/mol. The van der Waals surface area contributed by atoms with E-state index in [2.05, 4.69) is 25.0 Å². The smallest absolute Gasteiger partial charge is 0.203 e. The van der Waals surface area contributed by atoms with E-state index in [0.717, 1.165) is 17.0 Å². The minimum Gasteiger partial charge on any atom is -0.291 e. The van der Waals surface area contributed by atoms with Gasteiger partial charge in [0.1, 0.15) is 0 Å². The fourth-order valence-electron chi connectivity index (χ4n) is 2.18. The SMILES string of the molecule is Cc1cc(C)n(C(C)c2ccc(C[C]=O)cc2)n1. The van der Waals surface area contributed by atoms with Crippen molar-refractivity contribution in [2.45, 2.75) is 33.2 Å². The summed E-state index contributed by atoms with van der Waals surface area (Å²) in [6, 6.07) is 10.3. The molecule has 2 rings (SSSR count). The third kappa shape index (κ3) is 2.50. The molecule has 1 unspecified atom stereocenters. The Morgan fingerprint density at radius 2 is 1.94 bits per heavy atom. The Labute approximate surface area is 107 Å². The van der Waals surface area contributed by atoms with Gasteiger partial charge >= 0.3 is 0 Å². The maximum atomic E-state index is 10.3. The number of carbonyl (C=O) groups excluding carboxylic acids is 1. The van der Waals surface area contributed by atoms with E-state index >= 15 is 0 Å². The van der Waals surface area contributed by atoms with Crippen molar-refractivity contribution in [2.24, 2.45) is 0 Å². The Morgan fingerprint density at radius 1 is 1.28 bits per heavy atom. The van der Waals surface area contributed by atoms with Crippen LogP contribution >= 0.6 is 0 Å². The number of aromatic nitrogens is 2. The maximum Gasteiger partial charge on any atom is 0.203 e. The van der Waals surface area contributed by atoms with E-state index in [4.69, 9.17) is 0 Å². The molecule has 18 heavy (non-hydrogen) atoms. The van der Waals surface area contributed by atoms with Gasteiger partial charge in [-0.25, -0.2) is 0 Å². The van der Waals surface area contributed by atoms with Crippen LogP contribution in [-0.4, -0.2) is 16.1 Å². The molecule has 1 aromatic carbocycles. The Bertz CT molecular complexity index is 540. The number of rotatable bonds is 4. The van der Waals surface area contributed by atoms with Gasteiger partial charge in [-0.05, 0) is 38.0 Å². The topological polar surface area (TPSA) is 34.9 Å². The molecule has 1 aromatic heterocycles. The fourth-order valence-corrected chi connectivity index (χ4v) is 2.18. The molecule has 0 saturated carbocycles. The van der Waals surface area contributed by atoms with Crippen molar-refractivity contribution in [1.82, 2.24) is 9.78 Å². The minimum absolute atomic E-state index is 0.202. The Kier molecular flexibility index (Phi) is 3.60. The Hall–Kier alpha value is -1.90. The largest absolute Gasteiger partial charge is 0.291 e. The first-order chi connectivity index (χ1) is 8.61. The van der Waals surface area contributed by atoms with Crippen LogP contribution in [0.5, 0.6) is 0 Å². The van der Waals surface area contributed by atoms with Crippen LogP contribution in [0.2, 0.25) is 0 Å². The van der Waals surface area contributed by atoms with E-state index in [-0.39, 0.29) is 6.04 Å². The second-order valence-corrected chi connectivity index (χ2v) is 4.61. The van der Waals surface area contributed by atoms with Crippen LogP contribution < -0.4 is 0 Å². The third-order valence-corrected chi connectivity index (χ3v) is 3.15. The standard InChI is InChI=1S/C15H17N2O/c1-11-10-12(2)17(16-11)13(3)15-6-4-14(5-7-15)8-9-18/h4-7,10,13H,8H2,1-3H3. The van der Waals surface area contributed by atoms with E-state index in [0.29, 0.717) is 6.42 Å². The lowest BCUT2D eigenvalue weighted by molar-refractivity contribution is 0.546. The summed E-state index contributed by atoms with van der Waals surface area (Å²) < 4.78 is 2.02. The molecular weight excluding hydrogens is 224 g/mol. The first-order valence-electron chi connectivity index (χ1n) is 6.08. The summed E-state index contributed by atoms with van der Waals surface area (Å²) in [4.78, 5) is 10.3. The Balaban J connectivity index is 2.25. The highest BCUT2D eigenvalue weighted by Crippen LogP contribution is 2.20. The highest BCUT2D eigenvalue weighted by molar-refractivity contribution is 5.55. The van der Waals surface area contributed by atoms with Crippen molar-refractivity contribution in [2.75, 3.05) is 0 Å². The van der Waals surface area contributed by atoms with Crippen molar-refractivity contribution in [3.8, 4) is 0 Å². The molecule has 0 bridgehead atoms. The molecule has 2 aromatic rings. The van der Waals surface area contributed by atoms with Crippen LogP contribution in [0.4, 0.5) is 0 Å². The number of hydrogen-bond acceptors (Lipinski definition) is 2. The first kappa shape index (κ1) is 12.6. The summed E-state index contributed by atoms with van der Waals surface area (Å²) in [6.07, 6.45) is 2.26. The van der Waals surface area contributed by atoms with E-state index < -0.39 is 0 Å². The molecule has 0 amide bonds. The second kappa shape index (κ2) is 5.17. The van der Waals surface area contributed by atoms with Gasteiger partial charge in [0.2, 0.25) is 6.29 Å². The summed E-state index contributed by atoms with van der Waals surface area (Å²) in [6.45, 7) is 6.19. The molecule has 0 aliphatic rings. The third-order valence-electron chi connectivity index (χ3n) is 3.15. The molecule has 0 aliphatic heterocycles. The fraction of sp³-hybridized carbons (Fsp3) is 0.333. The van der Waals surface area contributed by atoms with E-state index in [9.17, 15) is 4.79 Å². The van der Waals surface area contributed by atoms with Crippen LogP contribution in [0, 0.1) is 13.8 Å². The zero-order chi connectivity index (χ0) is 13.1. The lowest BCUT2D eigenvalue weighted by Crippen LogP contribution is -2.10. The van der Waals surface area contributed by atoms with Gasteiger partial charge in [0, 0.05) is 12.1 Å². The molecule has 3 nitrogen and oxygen atoms in total. The Morgan fingerprint density at radius 3 is 2.44 bits per heavy atom. The van der Waals surface area contributed by atoms with Gasteiger partial charge in [-0.15, -0.1) is 0 Å². The normalized spacial score (nSPS) is 12.4. The quantitative estimate of drug-likeness (QED) is 0.825. The summed E-state index contributed by atoms with van der Waals surface area (Å²) in [7, 11) is 0. The number of aryl methyl sites for hydroxylation is 2. The van der Waals surface area contributed by atoms with Gasteiger partial charge in [-0.2, -0.15) is 5.10 Å². The predicted octanol–water partition coefficient (Wildman–Crippen LogP) is 2.76. The molecule has 0 saturated heterocycles. The van der Waals surface area contributed by atoms with Gasteiger partial charge in [0.15, 0.2) is 0 Å². The van der Waals surface area contributed by atoms with E-state index in [1.165, 1.54) is 5.56 Å². The highest BCUT2D eigenvalue weighted by atomic mass is 16.1. The van der Waals surface area contributed by atoms with Gasteiger partial charge in [0.05, 0.1) is 11.7 Å². The van der Waals surface area contributed by atoms with E-state index in [1.54, 1.807) is 0 Å². The van der Waals surface area contributed by atoms with Gasteiger partial charge < -0.3 is 0 Å². The van der Waals surface area contributed by atoms with Crippen LogP contribution in [0.25, 0.3) is 0 Å². The van der Waals surface area contributed by atoms with Crippen molar-refractivity contribution >= 4 is 6.29 Å². The molecule has 0 aliphatic carbocycles. The van der Waals surface area contributed by atoms with Crippen molar-refractivity contribution in [1.29, 1.82) is 0 Å². The molecule has 1 radical (unpaired) electrons. The molecule has 0 spiro atoms. The van der Waals surface area contributed by atoms with Gasteiger partial charge in [-0.1, -0.05) is 24.3 Å².